The Morgan fingerprint density at radius 1 is 1.35 bits per heavy atom. The zero-order valence-electron chi connectivity index (χ0n) is 14.8. The Morgan fingerprint density at radius 3 is 2.35 bits per heavy atom. The van der Waals surface area contributed by atoms with Gasteiger partial charge in [-0.15, -0.1) is 0 Å². The van der Waals surface area contributed by atoms with Crippen LogP contribution in [0.2, 0.25) is 5.02 Å². The third kappa shape index (κ3) is 4.98. The minimum Gasteiger partial charge on any atom is -0.549 e. The quantitative estimate of drug-likeness (QED) is 0.210. The van der Waals surface area contributed by atoms with Crippen molar-refractivity contribution in [1.82, 2.24) is 0 Å². The van der Waals surface area contributed by atoms with Gasteiger partial charge in [0.25, 0.3) is 0 Å². The summed E-state index contributed by atoms with van der Waals surface area (Å²) in [5.41, 5.74) is 9.26. The van der Waals surface area contributed by atoms with Crippen molar-refractivity contribution >= 4 is 29.5 Å². The molecule has 0 radical (unpaired) electrons. The van der Waals surface area contributed by atoms with Crippen molar-refractivity contribution in [3.63, 3.8) is 0 Å². The van der Waals surface area contributed by atoms with E-state index in [1.54, 1.807) is 37.3 Å². The second-order valence-electron chi connectivity index (χ2n) is 6.04. The van der Waals surface area contributed by atoms with Crippen LogP contribution in [0, 0.1) is 5.41 Å². The Labute approximate surface area is 157 Å². The Morgan fingerprint density at radius 2 is 1.88 bits per heavy atom. The predicted octanol–water partition coefficient (Wildman–Crippen LogP) is -0.518. The van der Waals surface area contributed by atoms with E-state index < -0.39 is 23.3 Å². The first-order valence-corrected chi connectivity index (χ1v) is 8.46. The average molecular weight is 382 g/mol. The molecular weight excluding hydrogens is 358 g/mol. The normalized spacial score (nSPS) is 21.7. The summed E-state index contributed by atoms with van der Waals surface area (Å²) < 4.78 is 5.04. The first-order valence-electron chi connectivity index (χ1n) is 8.08. The molecule has 0 spiro atoms. The Kier molecular flexibility index (Phi) is 7.64. The van der Waals surface area contributed by atoms with Crippen molar-refractivity contribution in [3.8, 4) is 0 Å². The van der Waals surface area contributed by atoms with Crippen LogP contribution in [-0.4, -0.2) is 24.5 Å². The molecular formula is C18H24ClN3O4. The lowest BCUT2D eigenvalue weighted by atomic mass is 9.64. The maximum absolute atomic E-state index is 12.4. The molecule has 0 saturated heterocycles. The van der Waals surface area contributed by atoms with E-state index >= 15 is 0 Å². The smallest absolute Gasteiger partial charge is 0.336 e. The highest BCUT2D eigenvalue weighted by Gasteiger charge is 2.50. The standard InChI is InChI=1S/C17H19ClO4.CH5N3/c1-3-22-16(21)17(15(19)20)9-8-11(2)10-14(17)12-4-6-13(18)7-5-12;2-1(3)4/h4-8,14H,3,9-10H2,1-2H3,(H,19,20);(H5,2,3,4). The number of nitrogens with two attached hydrogens (primary N) is 3. The molecule has 0 amide bonds. The number of rotatable bonds is 4. The molecule has 2 unspecified atom stereocenters. The van der Waals surface area contributed by atoms with Gasteiger partial charge < -0.3 is 14.6 Å². The molecule has 8 heteroatoms. The summed E-state index contributed by atoms with van der Waals surface area (Å²) in [6, 6.07) is 6.89. The highest BCUT2D eigenvalue weighted by molar-refractivity contribution is 6.30. The number of esters is 1. The first kappa shape index (κ1) is 21.5. The van der Waals surface area contributed by atoms with Gasteiger partial charge >= 0.3 is 11.9 Å². The van der Waals surface area contributed by atoms with Crippen molar-refractivity contribution in [2.75, 3.05) is 6.61 Å². The van der Waals surface area contributed by atoms with Gasteiger partial charge in [0.2, 0.25) is 0 Å². The van der Waals surface area contributed by atoms with Gasteiger partial charge in [-0.05, 0) is 44.4 Å². The SMILES string of the molecule is CCOC(=O)C1(C(=O)[O-])CC=C(C)CC1c1ccc(Cl)cc1.NC(N)=[NH2+]. The summed E-state index contributed by atoms with van der Waals surface area (Å²) in [4.78, 5) is 24.3. The van der Waals surface area contributed by atoms with Crippen LogP contribution < -0.4 is 22.0 Å². The monoisotopic (exact) mass is 381 g/mol. The molecule has 142 valence electrons. The number of benzene rings is 1. The van der Waals surface area contributed by atoms with E-state index in [4.69, 9.17) is 16.3 Å². The van der Waals surface area contributed by atoms with E-state index in [-0.39, 0.29) is 19.0 Å². The topological polar surface area (TPSA) is 144 Å². The van der Waals surface area contributed by atoms with Gasteiger partial charge in [0.15, 0.2) is 0 Å². The average Bonchev–Trinajstić information content (AvgIpc) is 2.55. The van der Waals surface area contributed by atoms with Crippen LogP contribution in [0.5, 0.6) is 0 Å². The third-order valence-corrected chi connectivity index (χ3v) is 4.42. The van der Waals surface area contributed by atoms with Crippen LogP contribution in [-0.2, 0) is 14.3 Å². The number of guanidine groups is 1. The highest BCUT2D eigenvalue weighted by Crippen LogP contribution is 2.47. The first-order chi connectivity index (χ1) is 12.1. The lowest BCUT2D eigenvalue weighted by Gasteiger charge is -2.42. The number of allylic oxidation sites excluding steroid dienone is 2. The number of carboxylic acids is 1. The second kappa shape index (κ2) is 9.24. The molecule has 0 bridgehead atoms. The molecule has 26 heavy (non-hydrogen) atoms. The summed E-state index contributed by atoms with van der Waals surface area (Å²) >= 11 is 5.89. The van der Waals surface area contributed by atoms with Crippen molar-refractivity contribution in [2.24, 2.45) is 16.9 Å². The van der Waals surface area contributed by atoms with E-state index in [9.17, 15) is 14.7 Å². The van der Waals surface area contributed by atoms with E-state index in [0.717, 1.165) is 11.1 Å². The summed E-state index contributed by atoms with van der Waals surface area (Å²) in [6.07, 6.45) is 2.32. The lowest BCUT2D eigenvalue weighted by molar-refractivity contribution is -0.319. The van der Waals surface area contributed by atoms with Crippen LogP contribution in [0.4, 0.5) is 0 Å². The molecule has 6 N–H and O–H groups in total. The Hall–Kier alpha value is -2.54. The van der Waals surface area contributed by atoms with Crippen molar-refractivity contribution in [2.45, 2.75) is 32.6 Å². The maximum Gasteiger partial charge on any atom is 0.336 e. The van der Waals surface area contributed by atoms with Crippen molar-refractivity contribution in [1.29, 1.82) is 0 Å². The number of carbonyl (C=O) groups is 2. The fraction of sp³-hybridized carbons (Fsp3) is 0.389. The van der Waals surface area contributed by atoms with Crippen LogP contribution in [0.25, 0.3) is 0 Å². The summed E-state index contributed by atoms with van der Waals surface area (Å²) in [7, 11) is 0. The lowest BCUT2D eigenvalue weighted by Crippen LogP contribution is -2.53. The van der Waals surface area contributed by atoms with Gasteiger partial charge in [-0.2, -0.15) is 0 Å². The number of carbonyl (C=O) groups excluding carboxylic acids is 2. The fourth-order valence-corrected chi connectivity index (χ4v) is 3.07. The Bertz CT molecular complexity index is 699. The largest absolute Gasteiger partial charge is 0.549 e. The van der Waals surface area contributed by atoms with Gasteiger partial charge in [0.05, 0.1) is 12.6 Å². The van der Waals surface area contributed by atoms with Gasteiger partial charge in [0, 0.05) is 10.9 Å². The molecule has 1 aliphatic rings. The zero-order chi connectivity index (χ0) is 19.9. The van der Waals surface area contributed by atoms with Gasteiger partial charge in [0.1, 0.15) is 5.41 Å². The minimum atomic E-state index is -1.69. The van der Waals surface area contributed by atoms with E-state index in [1.165, 1.54) is 0 Å². The number of carboxylic acid groups (broad SMARTS) is 1. The van der Waals surface area contributed by atoms with Gasteiger partial charge in [-0.3, -0.25) is 21.7 Å². The number of hydrogen-bond acceptors (Lipinski definition) is 4. The zero-order valence-corrected chi connectivity index (χ0v) is 15.6. The Balaban J connectivity index is 0.000000765. The molecule has 1 aromatic rings. The molecule has 7 nitrogen and oxygen atoms in total. The summed E-state index contributed by atoms with van der Waals surface area (Å²) in [5.74, 6) is -2.74. The van der Waals surface area contributed by atoms with Crippen LogP contribution in [0.1, 0.15) is 38.2 Å². The summed E-state index contributed by atoms with van der Waals surface area (Å²) in [6.45, 7) is 3.71. The molecule has 0 aliphatic heterocycles. The van der Waals surface area contributed by atoms with Gasteiger partial charge in [-0.1, -0.05) is 35.4 Å². The minimum absolute atomic E-state index is 0.0767. The number of hydrogen-bond donors (Lipinski definition) is 3. The number of ether oxygens (including phenoxy) is 1. The molecule has 0 fully saturated rings. The van der Waals surface area contributed by atoms with Crippen LogP contribution >= 0.6 is 11.6 Å². The molecule has 0 aromatic heterocycles. The van der Waals surface area contributed by atoms with E-state index in [0.29, 0.717) is 11.4 Å². The number of aliphatic carboxylic acids is 1. The van der Waals surface area contributed by atoms with E-state index in [2.05, 4.69) is 16.9 Å². The second-order valence-corrected chi connectivity index (χ2v) is 6.48. The third-order valence-electron chi connectivity index (χ3n) is 4.17. The van der Waals surface area contributed by atoms with Crippen molar-refractivity contribution in [3.05, 3.63) is 46.5 Å². The maximum atomic E-state index is 12.4. The van der Waals surface area contributed by atoms with Crippen LogP contribution in [0.3, 0.4) is 0 Å². The highest BCUT2D eigenvalue weighted by atomic mass is 35.5. The molecule has 0 heterocycles. The fourth-order valence-electron chi connectivity index (χ4n) is 2.95. The summed E-state index contributed by atoms with van der Waals surface area (Å²) in [5, 5.41) is 17.0. The van der Waals surface area contributed by atoms with Crippen LogP contribution in [0.15, 0.2) is 35.9 Å². The van der Waals surface area contributed by atoms with Gasteiger partial charge in [-0.25, -0.2) is 0 Å². The molecule has 0 saturated carbocycles. The molecule has 2 rings (SSSR count). The molecule has 1 aliphatic carbocycles. The van der Waals surface area contributed by atoms with E-state index in [1.807, 2.05) is 6.92 Å². The number of halogens is 1. The van der Waals surface area contributed by atoms with Crippen molar-refractivity contribution < 1.29 is 24.8 Å². The molecule has 1 aromatic carbocycles. The molecule has 2 atom stereocenters. The predicted molar refractivity (Wildman–Crippen MR) is 96.6 cm³/mol.